The van der Waals surface area contributed by atoms with Crippen LogP contribution in [0, 0.1) is 0 Å². The van der Waals surface area contributed by atoms with Crippen molar-refractivity contribution in [2.45, 2.75) is 32.0 Å². The van der Waals surface area contributed by atoms with E-state index in [4.69, 9.17) is 14.5 Å². The van der Waals surface area contributed by atoms with Crippen LogP contribution in [0.25, 0.3) is 22.4 Å². The number of imidazole rings is 1. The number of amides is 1. The number of fused-ring (bicyclic) bond motifs is 1. The summed E-state index contributed by atoms with van der Waals surface area (Å²) in [7, 11) is 2.03. The molecule has 0 saturated carbocycles. The van der Waals surface area contributed by atoms with Crippen LogP contribution in [-0.4, -0.2) is 39.6 Å². The van der Waals surface area contributed by atoms with E-state index < -0.39 is 0 Å². The molecular formula is C34H33N3O3. The summed E-state index contributed by atoms with van der Waals surface area (Å²) in [6.07, 6.45) is 2.12. The van der Waals surface area contributed by atoms with Crippen LogP contribution in [-0.2, 0) is 24.9 Å². The third kappa shape index (κ3) is 5.86. The number of rotatable bonds is 8. The molecule has 2 heterocycles. The number of carbonyl (C=O) groups excluding carboxylic acids is 1. The Morgan fingerprint density at radius 1 is 0.825 bits per heavy atom. The van der Waals surface area contributed by atoms with Crippen molar-refractivity contribution in [3.05, 3.63) is 114 Å². The first-order valence-electron chi connectivity index (χ1n) is 13.8. The molecule has 4 aromatic carbocycles. The van der Waals surface area contributed by atoms with Gasteiger partial charge >= 0.3 is 0 Å². The third-order valence-corrected chi connectivity index (χ3v) is 7.50. The molecule has 40 heavy (non-hydrogen) atoms. The van der Waals surface area contributed by atoms with Crippen molar-refractivity contribution in [1.82, 2.24) is 14.5 Å². The Labute approximate surface area is 234 Å². The Hall–Kier alpha value is -4.58. The number of para-hydroxylation sites is 2. The summed E-state index contributed by atoms with van der Waals surface area (Å²) in [5.41, 5.74) is 5.23. The summed E-state index contributed by atoms with van der Waals surface area (Å²) in [6.45, 7) is 1.94. The predicted octanol–water partition coefficient (Wildman–Crippen LogP) is 6.43. The lowest BCUT2D eigenvalue weighted by atomic mass is 10.0. The lowest BCUT2D eigenvalue weighted by Crippen LogP contribution is -2.42. The largest absolute Gasteiger partial charge is 0.490 e. The van der Waals surface area contributed by atoms with Crippen molar-refractivity contribution in [3.63, 3.8) is 0 Å². The number of ether oxygens (including phenoxy) is 2. The number of piperidine rings is 1. The summed E-state index contributed by atoms with van der Waals surface area (Å²) >= 11 is 0. The summed E-state index contributed by atoms with van der Waals surface area (Å²) in [4.78, 5) is 19.9. The van der Waals surface area contributed by atoms with Gasteiger partial charge in [-0.3, -0.25) is 4.79 Å². The number of carbonyl (C=O) groups is 1. The lowest BCUT2D eigenvalue weighted by molar-refractivity contribution is -0.132. The molecule has 0 radical (unpaired) electrons. The third-order valence-electron chi connectivity index (χ3n) is 7.50. The molecule has 1 aliphatic rings. The van der Waals surface area contributed by atoms with E-state index in [1.165, 1.54) is 0 Å². The predicted molar refractivity (Wildman–Crippen MR) is 157 cm³/mol. The van der Waals surface area contributed by atoms with Gasteiger partial charge in [0, 0.05) is 38.5 Å². The molecule has 0 spiro atoms. The van der Waals surface area contributed by atoms with Gasteiger partial charge in [-0.05, 0) is 53.6 Å². The van der Waals surface area contributed by atoms with E-state index in [1.807, 2.05) is 84.7 Å². The first kappa shape index (κ1) is 25.7. The zero-order valence-electron chi connectivity index (χ0n) is 22.7. The number of hydrogen-bond donors (Lipinski definition) is 0. The molecule has 6 heteroatoms. The van der Waals surface area contributed by atoms with E-state index in [-0.39, 0.29) is 12.0 Å². The number of aromatic nitrogens is 2. The minimum Gasteiger partial charge on any atom is -0.490 e. The Morgan fingerprint density at radius 2 is 1.52 bits per heavy atom. The molecule has 1 aromatic heterocycles. The Bertz CT molecular complexity index is 1590. The first-order chi connectivity index (χ1) is 19.6. The highest BCUT2D eigenvalue weighted by atomic mass is 16.5. The number of nitrogens with zero attached hydrogens (tertiary/aromatic N) is 3. The van der Waals surface area contributed by atoms with Gasteiger partial charge in [0.2, 0.25) is 5.91 Å². The van der Waals surface area contributed by atoms with Gasteiger partial charge in [0.15, 0.2) is 0 Å². The molecular weight excluding hydrogens is 498 g/mol. The fraction of sp³-hybridized carbons (Fsp3) is 0.235. The summed E-state index contributed by atoms with van der Waals surface area (Å²) < 4.78 is 14.2. The van der Waals surface area contributed by atoms with Crippen LogP contribution in [0.1, 0.15) is 24.0 Å². The smallest absolute Gasteiger partial charge is 0.226 e. The molecule has 0 aliphatic carbocycles. The fourth-order valence-corrected chi connectivity index (χ4v) is 5.28. The van der Waals surface area contributed by atoms with Gasteiger partial charge in [0.05, 0.1) is 17.5 Å². The number of benzene rings is 4. The van der Waals surface area contributed by atoms with E-state index in [9.17, 15) is 4.79 Å². The van der Waals surface area contributed by atoms with Gasteiger partial charge in [0.1, 0.15) is 30.0 Å². The van der Waals surface area contributed by atoms with Crippen molar-refractivity contribution in [2.24, 2.45) is 7.05 Å². The molecule has 5 aromatic rings. The molecule has 0 bridgehead atoms. The Morgan fingerprint density at radius 3 is 2.30 bits per heavy atom. The van der Waals surface area contributed by atoms with E-state index in [1.54, 1.807) is 0 Å². The normalized spacial score (nSPS) is 13.9. The van der Waals surface area contributed by atoms with Gasteiger partial charge in [-0.15, -0.1) is 0 Å². The Kier molecular flexibility index (Phi) is 7.49. The zero-order valence-corrected chi connectivity index (χ0v) is 22.7. The van der Waals surface area contributed by atoms with Crippen molar-refractivity contribution >= 4 is 16.9 Å². The van der Waals surface area contributed by atoms with Crippen molar-refractivity contribution < 1.29 is 14.3 Å². The van der Waals surface area contributed by atoms with Gasteiger partial charge in [-0.1, -0.05) is 60.7 Å². The second-order valence-corrected chi connectivity index (χ2v) is 10.3. The molecule has 202 valence electrons. The number of likely N-dealkylation sites (tertiary alicyclic amines) is 1. The zero-order chi connectivity index (χ0) is 27.3. The Balaban J connectivity index is 1.00. The van der Waals surface area contributed by atoms with Crippen LogP contribution in [0.2, 0.25) is 0 Å². The van der Waals surface area contributed by atoms with Crippen LogP contribution >= 0.6 is 0 Å². The van der Waals surface area contributed by atoms with Crippen LogP contribution in [0.3, 0.4) is 0 Å². The van der Waals surface area contributed by atoms with Crippen LogP contribution in [0.4, 0.5) is 0 Å². The van der Waals surface area contributed by atoms with Crippen LogP contribution < -0.4 is 9.47 Å². The average Bonchev–Trinajstić information content (AvgIpc) is 3.34. The van der Waals surface area contributed by atoms with Crippen LogP contribution in [0.15, 0.2) is 103 Å². The average molecular weight is 532 g/mol. The molecule has 0 unspecified atom stereocenters. The maximum absolute atomic E-state index is 13.1. The molecule has 0 atom stereocenters. The van der Waals surface area contributed by atoms with Gasteiger partial charge in [-0.25, -0.2) is 4.98 Å². The fourth-order valence-electron chi connectivity index (χ4n) is 5.28. The summed E-state index contributed by atoms with van der Waals surface area (Å²) in [6, 6.07) is 34.2. The van der Waals surface area contributed by atoms with Crippen LogP contribution in [0.5, 0.6) is 11.5 Å². The minimum atomic E-state index is 0.0982. The summed E-state index contributed by atoms with van der Waals surface area (Å²) in [5.74, 6) is 2.71. The van der Waals surface area contributed by atoms with Crippen molar-refractivity contribution in [1.29, 1.82) is 0 Å². The van der Waals surface area contributed by atoms with E-state index in [0.29, 0.717) is 26.1 Å². The topological polar surface area (TPSA) is 56.6 Å². The number of aryl methyl sites for hydroxylation is 1. The molecule has 1 aliphatic heterocycles. The van der Waals surface area contributed by atoms with Crippen molar-refractivity contribution in [3.8, 4) is 22.9 Å². The van der Waals surface area contributed by atoms with Gasteiger partial charge in [-0.2, -0.15) is 0 Å². The molecule has 6 rings (SSSR count). The molecule has 1 fully saturated rings. The minimum absolute atomic E-state index is 0.0982. The maximum atomic E-state index is 13.1. The van der Waals surface area contributed by atoms with E-state index in [0.717, 1.165) is 57.9 Å². The highest BCUT2D eigenvalue weighted by Crippen LogP contribution is 2.26. The monoisotopic (exact) mass is 531 g/mol. The van der Waals surface area contributed by atoms with Gasteiger partial charge < -0.3 is 18.9 Å². The standard InChI is InChI=1S/C34H33N3O3/c1-36-32-13-6-5-12-31(32)35-34(36)27-11-7-10-26(22-27)23-33(38)37-20-18-30(19-21-37)40-29-16-14-28(15-17-29)39-24-25-8-3-2-4-9-25/h2-17,22,30H,18-21,23-24H2,1H3. The molecule has 1 amide bonds. The van der Waals surface area contributed by atoms with E-state index in [2.05, 4.69) is 34.9 Å². The first-order valence-corrected chi connectivity index (χ1v) is 13.8. The highest BCUT2D eigenvalue weighted by molar-refractivity contribution is 5.82. The van der Waals surface area contributed by atoms with Gasteiger partial charge in [0.25, 0.3) is 0 Å². The second-order valence-electron chi connectivity index (χ2n) is 10.3. The molecule has 0 N–H and O–H groups in total. The van der Waals surface area contributed by atoms with E-state index >= 15 is 0 Å². The lowest BCUT2D eigenvalue weighted by Gasteiger charge is -2.32. The summed E-state index contributed by atoms with van der Waals surface area (Å²) in [5, 5.41) is 0. The number of hydrogen-bond acceptors (Lipinski definition) is 4. The molecule has 1 saturated heterocycles. The maximum Gasteiger partial charge on any atom is 0.226 e. The molecule has 6 nitrogen and oxygen atoms in total. The quantitative estimate of drug-likeness (QED) is 0.232. The highest BCUT2D eigenvalue weighted by Gasteiger charge is 2.24. The SMILES string of the molecule is Cn1c(-c2cccc(CC(=O)N3CCC(Oc4ccc(OCc5ccccc5)cc4)CC3)c2)nc2ccccc21. The second kappa shape index (κ2) is 11.7. The van der Waals surface area contributed by atoms with Crippen molar-refractivity contribution in [2.75, 3.05) is 13.1 Å².